The van der Waals surface area contributed by atoms with Crippen molar-refractivity contribution in [1.82, 2.24) is 5.32 Å². The summed E-state index contributed by atoms with van der Waals surface area (Å²) in [6.07, 6.45) is 0. The van der Waals surface area contributed by atoms with Crippen molar-refractivity contribution < 1.29 is 19.4 Å². The Morgan fingerprint density at radius 2 is 1.73 bits per heavy atom. The fourth-order valence-corrected chi connectivity index (χ4v) is 2.90. The van der Waals surface area contributed by atoms with Crippen molar-refractivity contribution in [3.63, 3.8) is 0 Å². The number of hydrogen-bond donors (Lipinski definition) is 2. The quantitative estimate of drug-likeness (QED) is 0.841. The van der Waals surface area contributed by atoms with Gasteiger partial charge >= 0.3 is 0 Å². The van der Waals surface area contributed by atoms with E-state index in [4.69, 9.17) is 9.47 Å². The number of carbonyl (C=O) groups excluding carboxylic acids is 1. The van der Waals surface area contributed by atoms with Crippen LogP contribution >= 0.6 is 0 Å². The highest BCUT2D eigenvalue weighted by Gasteiger charge is 2.44. The van der Waals surface area contributed by atoms with Gasteiger partial charge in [-0.2, -0.15) is 0 Å². The van der Waals surface area contributed by atoms with Gasteiger partial charge in [0.2, 0.25) is 0 Å². The van der Waals surface area contributed by atoms with Crippen LogP contribution in [0.5, 0.6) is 11.5 Å². The molecular weight excluding hydrogens is 282 g/mol. The molecule has 2 aromatic carbocycles. The van der Waals surface area contributed by atoms with E-state index in [1.54, 1.807) is 12.1 Å². The maximum Gasteiger partial charge on any atom is 0.254 e. The fourth-order valence-electron chi connectivity index (χ4n) is 2.90. The molecule has 0 radical (unpaired) electrons. The number of nitrogens with one attached hydrogen (secondary N) is 1. The van der Waals surface area contributed by atoms with Gasteiger partial charge in [0.05, 0.1) is 5.56 Å². The molecule has 0 saturated heterocycles. The van der Waals surface area contributed by atoms with Gasteiger partial charge in [-0.15, -0.1) is 0 Å². The lowest BCUT2D eigenvalue weighted by molar-refractivity contribution is 0.0473. The molecule has 2 N–H and O–H groups in total. The summed E-state index contributed by atoms with van der Waals surface area (Å²) < 4.78 is 11.1. The minimum atomic E-state index is -1.55. The van der Waals surface area contributed by atoms with Gasteiger partial charge in [0, 0.05) is 11.1 Å². The van der Waals surface area contributed by atoms with Gasteiger partial charge in [-0.05, 0) is 19.1 Å². The first-order valence-electron chi connectivity index (χ1n) is 7.14. The summed E-state index contributed by atoms with van der Waals surface area (Å²) in [6, 6.07) is 10.7. The third kappa shape index (κ3) is 1.79. The molecule has 0 aliphatic carbocycles. The van der Waals surface area contributed by atoms with Crippen LogP contribution < -0.4 is 14.8 Å². The van der Waals surface area contributed by atoms with Gasteiger partial charge in [0.25, 0.3) is 5.91 Å². The van der Waals surface area contributed by atoms with Crippen LogP contribution in [0.1, 0.15) is 27.0 Å². The van der Waals surface area contributed by atoms with Crippen molar-refractivity contribution in [2.75, 3.05) is 13.2 Å². The summed E-state index contributed by atoms with van der Waals surface area (Å²) >= 11 is 0. The lowest BCUT2D eigenvalue weighted by atomic mass is 9.93. The number of benzene rings is 2. The second-order valence-corrected chi connectivity index (χ2v) is 5.57. The number of fused-ring (bicyclic) bond motifs is 2. The third-order valence-corrected chi connectivity index (χ3v) is 4.08. The standard InChI is InChI=1S/C17H15NO4/c1-10-2-4-11(5-3-10)17(20)13-9-15-14(21-6-7-22-15)8-12(13)16(19)18-17/h2-5,8-9,20H,6-7H2,1H3,(H,18,19)/t17-/m1/s1. The largest absolute Gasteiger partial charge is 0.486 e. The minimum absolute atomic E-state index is 0.324. The topological polar surface area (TPSA) is 67.8 Å². The van der Waals surface area contributed by atoms with Crippen LogP contribution in [-0.4, -0.2) is 24.2 Å². The van der Waals surface area contributed by atoms with Crippen LogP contribution in [0.25, 0.3) is 0 Å². The molecule has 2 aromatic rings. The van der Waals surface area contributed by atoms with Crippen LogP contribution in [-0.2, 0) is 5.72 Å². The second-order valence-electron chi connectivity index (χ2n) is 5.57. The Kier molecular flexibility index (Phi) is 2.68. The molecule has 0 aromatic heterocycles. The molecule has 2 heterocycles. The van der Waals surface area contributed by atoms with E-state index in [0.29, 0.717) is 41.4 Å². The molecule has 5 heteroatoms. The number of aryl methyl sites for hydroxylation is 1. The molecule has 22 heavy (non-hydrogen) atoms. The Morgan fingerprint density at radius 3 is 2.41 bits per heavy atom. The van der Waals surface area contributed by atoms with Crippen LogP contribution in [0.2, 0.25) is 0 Å². The summed E-state index contributed by atoms with van der Waals surface area (Å²) in [4.78, 5) is 12.2. The first-order chi connectivity index (χ1) is 10.6. The predicted molar refractivity (Wildman–Crippen MR) is 79.1 cm³/mol. The van der Waals surface area contributed by atoms with Crippen molar-refractivity contribution in [2.45, 2.75) is 12.6 Å². The van der Waals surface area contributed by atoms with Gasteiger partial charge in [-0.3, -0.25) is 4.79 Å². The van der Waals surface area contributed by atoms with E-state index < -0.39 is 5.72 Å². The molecule has 4 rings (SSSR count). The van der Waals surface area contributed by atoms with Gasteiger partial charge < -0.3 is 19.9 Å². The minimum Gasteiger partial charge on any atom is -0.486 e. The molecule has 1 amide bonds. The predicted octanol–water partition coefficient (Wildman–Crippen LogP) is 1.70. The van der Waals surface area contributed by atoms with E-state index in [1.807, 2.05) is 31.2 Å². The molecule has 0 fully saturated rings. The molecule has 5 nitrogen and oxygen atoms in total. The highest BCUT2D eigenvalue weighted by molar-refractivity contribution is 6.01. The number of aliphatic hydroxyl groups is 1. The van der Waals surface area contributed by atoms with Crippen LogP contribution in [0.3, 0.4) is 0 Å². The Balaban J connectivity index is 1.88. The molecule has 0 saturated carbocycles. The Labute approximate surface area is 127 Å². The highest BCUT2D eigenvalue weighted by atomic mass is 16.6. The molecule has 0 bridgehead atoms. The summed E-state index contributed by atoms with van der Waals surface area (Å²) in [5.74, 6) is 0.760. The molecule has 112 valence electrons. The maximum atomic E-state index is 12.2. The van der Waals surface area contributed by atoms with E-state index in [2.05, 4.69) is 5.32 Å². The molecular formula is C17H15NO4. The summed E-state index contributed by atoms with van der Waals surface area (Å²) in [5.41, 5.74) is 1.05. The summed E-state index contributed by atoms with van der Waals surface area (Å²) in [7, 11) is 0. The number of hydrogen-bond acceptors (Lipinski definition) is 4. The smallest absolute Gasteiger partial charge is 0.254 e. The molecule has 2 aliphatic rings. The van der Waals surface area contributed by atoms with E-state index in [0.717, 1.165) is 5.56 Å². The Hall–Kier alpha value is -2.53. The van der Waals surface area contributed by atoms with Crippen LogP contribution in [0.15, 0.2) is 36.4 Å². The first-order valence-corrected chi connectivity index (χ1v) is 7.14. The van der Waals surface area contributed by atoms with E-state index >= 15 is 0 Å². The highest BCUT2D eigenvalue weighted by Crippen LogP contribution is 2.42. The zero-order valence-corrected chi connectivity index (χ0v) is 12.1. The van der Waals surface area contributed by atoms with Crippen LogP contribution in [0.4, 0.5) is 0 Å². The normalized spacial score (nSPS) is 22.2. The van der Waals surface area contributed by atoms with Crippen molar-refractivity contribution in [2.24, 2.45) is 0 Å². The van der Waals surface area contributed by atoms with Crippen LogP contribution in [0, 0.1) is 6.92 Å². The average molecular weight is 297 g/mol. The first kappa shape index (κ1) is 13.2. The Bertz CT molecular complexity index is 769. The molecule has 1 atom stereocenters. The lowest BCUT2D eigenvalue weighted by Crippen LogP contribution is -2.40. The van der Waals surface area contributed by atoms with Crippen molar-refractivity contribution in [3.8, 4) is 11.5 Å². The second kappa shape index (κ2) is 4.48. The van der Waals surface area contributed by atoms with Crippen molar-refractivity contribution in [1.29, 1.82) is 0 Å². The molecule has 2 aliphatic heterocycles. The van der Waals surface area contributed by atoms with E-state index in [1.165, 1.54) is 0 Å². The van der Waals surface area contributed by atoms with E-state index in [-0.39, 0.29) is 5.91 Å². The number of carbonyl (C=O) groups is 1. The Morgan fingerprint density at radius 1 is 1.09 bits per heavy atom. The fraction of sp³-hybridized carbons (Fsp3) is 0.235. The lowest BCUT2D eigenvalue weighted by Gasteiger charge is -2.26. The number of ether oxygens (including phenoxy) is 2. The van der Waals surface area contributed by atoms with Crippen molar-refractivity contribution >= 4 is 5.91 Å². The molecule has 0 spiro atoms. The van der Waals surface area contributed by atoms with Gasteiger partial charge in [0.15, 0.2) is 17.2 Å². The number of amides is 1. The van der Waals surface area contributed by atoms with Crippen molar-refractivity contribution in [3.05, 3.63) is 58.7 Å². The monoisotopic (exact) mass is 297 g/mol. The van der Waals surface area contributed by atoms with Gasteiger partial charge in [-0.25, -0.2) is 0 Å². The molecule has 0 unspecified atom stereocenters. The number of rotatable bonds is 1. The third-order valence-electron chi connectivity index (χ3n) is 4.08. The zero-order chi connectivity index (χ0) is 15.3. The SMILES string of the molecule is Cc1ccc([C@]2(O)NC(=O)c3cc4c(cc32)OCCO4)cc1. The van der Waals surface area contributed by atoms with E-state index in [9.17, 15) is 9.90 Å². The zero-order valence-electron chi connectivity index (χ0n) is 12.1. The summed E-state index contributed by atoms with van der Waals surface area (Å²) in [5, 5.41) is 13.7. The maximum absolute atomic E-state index is 12.2. The average Bonchev–Trinajstić information content (AvgIpc) is 2.78. The van der Waals surface area contributed by atoms with Gasteiger partial charge in [0.1, 0.15) is 13.2 Å². The van der Waals surface area contributed by atoms with Gasteiger partial charge in [-0.1, -0.05) is 29.8 Å². The summed E-state index contributed by atoms with van der Waals surface area (Å²) in [6.45, 7) is 2.88.